The highest BCUT2D eigenvalue weighted by atomic mass is 16.5. The molecular weight excluding hydrogens is 502 g/mol. The molecule has 39 heavy (non-hydrogen) atoms. The van der Waals surface area contributed by atoms with Crippen molar-refractivity contribution in [2.45, 2.75) is 53.1 Å². The molecule has 1 atom stereocenters. The van der Waals surface area contributed by atoms with Crippen LogP contribution in [0.25, 0.3) is 0 Å². The van der Waals surface area contributed by atoms with Crippen LogP contribution in [0.2, 0.25) is 0 Å². The lowest BCUT2D eigenvalue weighted by molar-refractivity contribution is -0.133. The third-order valence-corrected chi connectivity index (χ3v) is 6.60. The van der Waals surface area contributed by atoms with Crippen LogP contribution in [0, 0.1) is 0 Å². The van der Waals surface area contributed by atoms with Gasteiger partial charge in [0.2, 0.25) is 11.7 Å². The first kappa shape index (κ1) is 28.1. The molecule has 0 spiro atoms. The molecule has 3 amide bonds. The van der Waals surface area contributed by atoms with Crippen molar-refractivity contribution >= 4 is 29.1 Å². The maximum atomic E-state index is 13.3. The molecule has 0 bridgehead atoms. The van der Waals surface area contributed by atoms with Crippen LogP contribution >= 0.6 is 0 Å². The molecule has 210 valence electrons. The van der Waals surface area contributed by atoms with Crippen molar-refractivity contribution in [1.29, 1.82) is 0 Å². The monoisotopic (exact) mass is 539 g/mol. The zero-order valence-corrected chi connectivity index (χ0v) is 23.1. The van der Waals surface area contributed by atoms with Crippen LogP contribution in [0.5, 0.6) is 23.0 Å². The van der Waals surface area contributed by atoms with Gasteiger partial charge in [-0.3, -0.25) is 19.3 Å². The van der Waals surface area contributed by atoms with Gasteiger partial charge in [0.15, 0.2) is 17.6 Å². The van der Waals surface area contributed by atoms with E-state index in [0.29, 0.717) is 72.8 Å². The first-order valence-corrected chi connectivity index (χ1v) is 13.6. The summed E-state index contributed by atoms with van der Waals surface area (Å²) in [4.78, 5) is 42.6. The number of likely N-dealkylation sites (tertiary alicyclic amines) is 1. The van der Waals surface area contributed by atoms with Gasteiger partial charge >= 0.3 is 0 Å². The number of amides is 3. The quantitative estimate of drug-likeness (QED) is 0.481. The number of nitrogens with one attached hydrogen (secondary N) is 1. The Kier molecular flexibility index (Phi) is 9.16. The summed E-state index contributed by atoms with van der Waals surface area (Å²) in [6.45, 7) is 9.74. The molecule has 10 nitrogen and oxygen atoms in total. The lowest BCUT2D eigenvalue weighted by Gasteiger charge is -2.35. The Morgan fingerprint density at radius 3 is 2.21 bits per heavy atom. The number of ether oxygens (including phenoxy) is 4. The van der Waals surface area contributed by atoms with E-state index >= 15 is 0 Å². The standard InChI is InChI=1S/C29H37N3O7/c1-5-36-24-15-20(16-25(37-6-2)27(24)38-7-3)28(34)30-21-11-12-23-22(17-21)32(29(35)19(4)39-23)18-26(33)31-13-9-8-10-14-31/h11-12,15-17,19H,5-10,13-14,18H2,1-4H3,(H,30,34). The molecule has 2 aliphatic rings. The molecule has 2 aromatic carbocycles. The predicted octanol–water partition coefficient (Wildman–Crippen LogP) is 4.26. The lowest BCUT2D eigenvalue weighted by atomic mass is 10.1. The normalized spacial score (nSPS) is 16.7. The van der Waals surface area contributed by atoms with Gasteiger partial charge in [-0.25, -0.2) is 0 Å². The van der Waals surface area contributed by atoms with Crippen molar-refractivity contribution in [2.24, 2.45) is 0 Å². The molecule has 1 N–H and O–H groups in total. The molecule has 0 aliphatic carbocycles. The van der Waals surface area contributed by atoms with Crippen LogP contribution < -0.4 is 29.2 Å². The Morgan fingerprint density at radius 1 is 0.949 bits per heavy atom. The minimum Gasteiger partial charge on any atom is -0.490 e. The zero-order chi connectivity index (χ0) is 27.9. The second-order valence-corrected chi connectivity index (χ2v) is 9.36. The third kappa shape index (κ3) is 6.38. The van der Waals surface area contributed by atoms with E-state index in [1.807, 2.05) is 20.8 Å². The van der Waals surface area contributed by atoms with Crippen LogP contribution in [0.4, 0.5) is 11.4 Å². The fourth-order valence-electron chi connectivity index (χ4n) is 4.75. The number of piperidine rings is 1. The van der Waals surface area contributed by atoms with E-state index in [-0.39, 0.29) is 18.4 Å². The number of rotatable bonds is 10. The van der Waals surface area contributed by atoms with Gasteiger partial charge in [-0.2, -0.15) is 0 Å². The van der Waals surface area contributed by atoms with Gasteiger partial charge in [0.25, 0.3) is 11.8 Å². The van der Waals surface area contributed by atoms with E-state index in [4.69, 9.17) is 18.9 Å². The second kappa shape index (κ2) is 12.7. The van der Waals surface area contributed by atoms with E-state index in [1.54, 1.807) is 42.2 Å². The SMILES string of the molecule is CCOc1cc(C(=O)Nc2ccc3c(c2)N(CC(=O)N2CCCCC2)C(=O)C(C)O3)cc(OCC)c1OCC. The van der Waals surface area contributed by atoms with Crippen molar-refractivity contribution in [3.05, 3.63) is 35.9 Å². The number of hydrogen-bond donors (Lipinski definition) is 1. The van der Waals surface area contributed by atoms with Crippen LogP contribution in [0.3, 0.4) is 0 Å². The van der Waals surface area contributed by atoms with E-state index < -0.39 is 12.0 Å². The number of benzene rings is 2. The first-order valence-electron chi connectivity index (χ1n) is 13.6. The Bertz CT molecular complexity index is 1180. The maximum absolute atomic E-state index is 13.3. The molecule has 2 aliphatic heterocycles. The highest BCUT2D eigenvalue weighted by molar-refractivity contribution is 6.07. The molecule has 1 saturated heterocycles. The maximum Gasteiger partial charge on any atom is 0.268 e. The minimum absolute atomic E-state index is 0.0781. The Morgan fingerprint density at radius 2 is 1.59 bits per heavy atom. The largest absolute Gasteiger partial charge is 0.490 e. The fourth-order valence-corrected chi connectivity index (χ4v) is 4.75. The average molecular weight is 540 g/mol. The van der Waals surface area contributed by atoms with E-state index in [9.17, 15) is 14.4 Å². The number of hydrogen-bond acceptors (Lipinski definition) is 7. The van der Waals surface area contributed by atoms with Crippen molar-refractivity contribution in [2.75, 3.05) is 49.7 Å². The van der Waals surface area contributed by atoms with Gasteiger partial charge in [0.1, 0.15) is 12.3 Å². The first-order chi connectivity index (χ1) is 18.9. The second-order valence-electron chi connectivity index (χ2n) is 9.36. The summed E-state index contributed by atoms with van der Waals surface area (Å²) >= 11 is 0. The smallest absolute Gasteiger partial charge is 0.268 e. The van der Waals surface area contributed by atoms with Crippen molar-refractivity contribution < 1.29 is 33.3 Å². The lowest BCUT2D eigenvalue weighted by Crippen LogP contribution is -2.50. The fraction of sp³-hybridized carbons (Fsp3) is 0.483. The zero-order valence-electron chi connectivity index (χ0n) is 23.1. The summed E-state index contributed by atoms with van der Waals surface area (Å²) in [7, 11) is 0. The highest BCUT2D eigenvalue weighted by Gasteiger charge is 2.34. The Balaban J connectivity index is 1.59. The van der Waals surface area contributed by atoms with E-state index in [1.165, 1.54) is 4.90 Å². The van der Waals surface area contributed by atoms with Crippen LogP contribution in [-0.2, 0) is 9.59 Å². The predicted molar refractivity (Wildman–Crippen MR) is 147 cm³/mol. The summed E-state index contributed by atoms with van der Waals surface area (Å²) < 4.78 is 23.0. The summed E-state index contributed by atoms with van der Waals surface area (Å²) in [5.74, 6) is 0.958. The van der Waals surface area contributed by atoms with Gasteiger partial charge in [0, 0.05) is 24.3 Å². The number of anilines is 2. The van der Waals surface area contributed by atoms with E-state index in [0.717, 1.165) is 19.3 Å². The van der Waals surface area contributed by atoms with Gasteiger partial charge in [0.05, 0.1) is 25.5 Å². The molecular formula is C29H37N3O7. The third-order valence-electron chi connectivity index (χ3n) is 6.60. The molecule has 2 aromatic rings. The number of nitrogens with zero attached hydrogens (tertiary/aromatic N) is 2. The summed E-state index contributed by atoms with van der Waals surface area (Å²) in [6, 6.07) is 8.28. The number of carbonyl (C=O) groups is 3. The van der Waals surface area contributed by atoms with Crippen molar-refractivity contribution in [3.63, 3.8) is 0 Å². The molecule has 0 saturated carbocycles. The summed E-state index contributed by atoms with van der Waals surface area (Å²) in [5, 5.41) is 2.88. The molecule has 1 unspecified atom stereocenters. The van der Waals surface area contributed by atoms with Crippen LogP contribution in [0.15, 0.2) is 30.3 Å². The van der Waals surface area contributed by atoms with Crippen molar-refractivity contribution in [3.8, 4) is 23.0 Å². The van der Waals surface area contributed by atoms with E-state index in [2.05, 4.69) is 5.32 Å². The van der Waals surface area contributed by atoms with Gasteiger partial charge in [-0.05, 0) is 77.3 Å². The molecule has 0 radical (unpaired) electrons. The van der Waals surface area contributed by atoms with Gasteiger partial charge < -0.3 is 29.2 Å². The molecule has 4 rings (SSSR count). The van der Waals surface area contributed by atoms with Gasteiger partial charge in [-0.15, -0.1) is 0 Å². The minimum atomic E-state index is -0.718. The average Bonchev–Trinajstić information content (AvgIpc) is 2.93. The number of fused-ring (bicyclic) bond motifs is 1. The molecule has 10 heteroatoms. The molecule has 0 aromatic heterocycles. The Hall–Kier alpha value is -3.95. The van der Waals surface area contributed by atoms with Crippen LogP contribution in [0.1, 0.15) is 57.3 Å². The summed E-state index contributed by atoms with van der Waals surface area (Å²) in [5.41, 5.74) is 1.21. The van der Waals surface area contributed by atoms with Gasteiger partial charge in [-0.1, -0.05) is 0 Å². The molecule has 2 heterocycles. The van der Waals surface area contributed by atoms with Crippen molar-refractivity contribution in [1.82, 2.24) is 4.90 Å². The number of carbonyl (C=O) groups excluding carboxylic acids is 3. The summed E-state index contributed by atoms with van der Waals surface area (Å²) in [6.07, 6.45) is 2.32. The Labute approximate surface area is 229 Å². The molecule has 1 fully saturated rings. The topological polar surface area (TPSA) is 107 Å². The van der Waals surface area contributed by atoms with Crippen LogP contribution in [-0.4, -0.2) is 68.2 Å². The highest BCUT2D eigenvalue weighted by Crippen LogP contribution is 2.40.